The summed E-state index contributed by atoms with van der Waals surface area (Å²) in [6.45, 7) is 2.05. The van der Waals surface area contributed by atoms with Crippen molar-refractivity contribution in [3.05, 3.63) is 65.9 Å². The molecule has 0 amide bonds. The molecule has 26 heavy (non-hydrogen) atoms. The molecule has 1 heterocycles. The number of hydrogen-bond donors (Lipinski definition) is 2. The molecule has 0 bridgehead atoms. The van der Waals surface area contributed by atoms with Crippen molar-refractivity contribution in [3.8, 4) is 0 Å². The summed E-state index contributed by atoms with van der Waals surface area (Å²) < 4.78 is 26.6. The Morgan fingerprint density at radius 2 is 1.85 bits per heavy atom. The van der Waals surface area contributed by atoms with Crippen molar-refractivity contribution in [2.24, 2.45) is 0 Å². The molecule has 0 radical (unpaired) electrons. The molecule has 0 aromatic heterocycles. The van der Waals surface area contributed by atoms with E-state index in [1.165, 1.54) is 0 Å². The maximum Gasteiger partial charge on any atom is 0.232 e. The Bertz CT molecular complexity index is 933. The Morgan fingerprint density at radius 3 is 2.58 bits per heavy atom. The van der Waals surface area contributed by atoms with E-state index in [1.807, 2.05) is 49.4 Å². The number of allylic oxidation sites excluding steroid dienone is 2. The van der Waals surface area contributed by atoms with Crippen LogP contribution >= 0.6 is 12.4 Å². The quantitative estimate of drug-likeness (QED) is 0.779. The highest BCUT2D eigenvalue weighted by Crippen LogP contribution is 2.29. The summed E-state index contributed by atoms with van der Waals surface area (Å²) >= 11 is 0. The lowest BCUT2D eigenvalue weighted by molar-refractivity contribution is -0.0197. The van der Waals surface area contributed by atoms with Gasteiger partial charge in [-0.05, 0) is 29.3 Å². The lowest BCUT2D eigenvalue weighted by atomic mass is 10.0. The Balaban J connectivity index is 0.00000243. The minimum Gasteiger partial charge on any atom is -0.288 e. The topological polar surface area (TPSA) is 69.6 Å². The van der Waals surface area contributed by atoms with Crippen LogP contribution in [0.3, 0.4) is 0 Å². The normalized spacial score (nSPS) is 14.5. The number of rotatable bonds is 6. The van der Waals surface area contributed by atoms with Gasteiger partial charge < -0.3 is 0 Å². The highest BCUT2D eigenvalue weighted by molar-refractivity contribution is 7.89. The highest BCUT2D eigenvalue weighted by atomic mass is 35.5. The van der Waals surface area contributed by atoms with Gasteiger partial charge in [0, 0.05) is 11.3 Å². The van der Waals surface area contributed by atoms with Gasteiger partial charge >= 0.3 is 0 Å². The van der Waals surface area contributed by atoms with Crippen LogP contribution in [0.4, 0.5) is 0 Å². The lowest BCUT2D eigenvalue weighted by Gasteiger charge is -2.26. The molecule has 0 saturated carbocycles. The second kappa shape index (κ2) is 8.58. The van der Waals surface area contributed by atoms with Gasteiger partial charge in [0.05, 0.1) is 18.0 Å². The molecule has 2 aromatic carbocycles. The molecule has 3 rings (SSSR count). The average Bonchev–Trinajstić information content (AvgIpc) is 2.59. The smallest absolute Gasteiger partial charge is 0.232 e. The fraction of sp³-hybridized carbons (Fsp3) is 0.263. The summed E-state index contributed by atoms with van der Waals surface area (Å²) in [5.74, 6) is 0.0894. The fourth-order valence-corrected chi connectivity index (χ4v) is 4.20. The van der Waals surface area contributed by atoms with Crippen LogP contribution in [-0.4, -0.2) is 31.0 Å². The Kier molecular flexibility index (Phi) is 6.69. The van der Waals surface area contributed by atoms with Gasteiger partial charge in [-0.15, -0.1) is 12.4 Å². The molecular weight excluding hydrogens is 372 g/mol. The van der Waals surface area contributed by atoms with Crippen molar-refractivity contribution in [1.82, 2.24) is 9.79 Å². The minimum absolute atomic E-state index is 0. The van der Waals surface area contributed by atoms with E-state index in [-0.39, 0.29) is 24.7 Å². The second-order valence-corrected chi connectivity index (χ2v) is 7.94. The number of halogens is 1. The number of unbranched alkanes of at least 4 members (excludes halogenated alkanes) is 1. The first-order chi connectivity index (χ1) is 12.0. The number of nitrogens with zero attached hydrogens (tertiary/aromatic N) is 1. The van der Waals surface area contributed by atoms with E-state index < -0.39 is 10.0 Å². The van der Waals surface area contributed by atoms with Crippen LogP contribution in [0.1, 0.15) is 25.3 Å². The number of benzene rings is 2. The third kappa shape index (κ3) is 4.58. The van der Waals surface area contributed by atoms with Crippen molar-refractivity contribution in [1.29, 1.82) is 0 Å². The number of hydrogen-bond acceptors (Lipinski definition) is 4. The molecule has 0 unspecified atom stereocenters. The lowest BCUT2D eigenvalue weighted by Crippen LogP contribution is -2.33. The standard InChI is InChI=1S/C19H22N2O3S.ClH/c1-2-3-13-25(23,24)20-16-11-12-19(21(22)14-16)18-10-6-8-15-7-4-5-9-17(15)18;/h4-12,20,22H,2-3,13-14H2,1H3;1H. The fourth-order valence-electron chi connectivity index (χ4n) is 2.89. The molecule has 7 heteroatoms. The average molecular weight is 395 g/mol. The zero-order valence-corrected chi connectivity index (χ0v) is 16.2. The first-order valence-corrected chi connectivity index (χ1v) is 10.0. The number of nitrogens with one attached hydrogen (secondary N) is 1. The van der Waals surface area contributed by atoms with Gasteiger partial charge in [-0.2, -0.15) is 0 Å². The predicted octanol–water partition coefficient (Wildman–Crippen LogP) is 3.91. The predicted molar refractivity (Wildman–Crippen MR) is 108 cm³/mol. The molecule has 2 aromatic rings. The maximum atomic E-state index is 12.0. The summed E-state index contributed by atoms with van der Waals surface area (Å²) in [6.07, 6.45) is 4.88. The molecule has 5 nitrogen and oxygen atoms in total. The zero-order valence-electron chi connectivity index (χ0n) is 14.6. The molecule has 0 saturated heterocycles. The highest BCUT2D eigenvalue weighted by Gasteiger charge is 2.20. The third-order valence-electron chi connectivity index (χ3n) is 4.16. The van der Waals surface area contributed by atoms with E-state index in [4.69, 9.17) is 0 Å². The Labute approximate surface area is 160 Å². The SMILES string of the molecule is CCCCS(=O)(=O)NC1=CC=C(c2cccc3ccccc23)N(O)C1.Cl. The van der Waals surface area contributed by atoms with E-state index in [9.17, 15) is 13.6 Å². The van der Waals surface area contributed by atoms with Crippen LogP contribution in [0.15, 0.2) is 60.3 Å². The van der Waals surface area contributed by atoms with E-state index in [2.05, 4.69) is 4.72 Å². The molecule has 0 spiro atoms. The molecule has 1 aliphatic heterocycles. The Morgan fingerprint density at radius 1 is 1.12 bits per heavy atom. The molecule has 0 fully saturated rings. The van der Waals surface area contributed by atoms with Crippen LogP contribution in [-0.2, 0) is 10.0 Å². The minimum atomic E-state index is -3.37. The van der Waals surface area contributed by atoms with Crippen LogP contribution in [0.25, 0.3) is 16.5 Å². The summed E-state index contributed by atoms with van der Waals surface area (Å²) in [5, 5.41) is 13.6. The Hall–Kier alpha value is -2.02. The molecule has 0 aliphatic carbocycles. The van der Waals surface area contributed by atoms with Gasteiger partial charge in [0.15, 0.2) is 0 Å². The molecule has 1 aliphatic rings. The second-order valence-electron chi connectivity index (χ2n) is 6.10. The summed E-state index contributed by atoms with van der Waals surface area (Å²) in [6, 6.07) is 13.9. The maximum absolute atomic E-state index is 12.0. The monoisotopic (exact) mass is 394 g/mol. The number of hydroxylamine groups is 2. The zero-order chi connectivity index (χ0) is 17.9. The largest absolute Gasteiger partial charge is 0.288 e. The summed E-state index contributed by atoms with van der Waals surface area (Å²) in [7, 11) is -3.37. The van der Waals surface area contributed by atoms with Crippen LogP contribution in [0.2, 0.25) is 0 Å². The number of fused-ring (bicyclic) bond motifs is 1. The number of sulfonamides is 1. The van der Waals surface area contributed by atoms with Gasteiger partial charge in [-0.3, -0.25) is 15.0 Å². The van der Waals surface area contributed by atoms with Gasteiger partial charge in [0.1, 0.15) is 0 Å². The van der Waals surface area contributed by atoms with Crippen molar-refractivity contribution in [2.75, 3.05) is 12.3 Å². The first-order valence-electron chi connectivity index (χ1n) is 8.36. The van der Waals surface area contributed by atoms with Crippen molar-refractivity contribution in [2.45, 2.75) is 19.8 Å². The van der Waals surface area contributed by atoms with Gasteiger partial charge in [-0.25, -0.2) is 8.42 Å². The molecular formula is C19H23ClN2O3S. The van der Waals surface area contributed by atoms with Crippen molar-refractivity contribution < 1.29 is 13.6 Å². The van der Waals surface area contributed by atoms with E-state index >= 15 is 0 Å². The van der Waals surface area contributed by atoms with E-state index in [1.54, 1.807) is 12.2 Å². The van der Waals surface area contributed by atoms with Gasteiger partial charge in [0.25, 0.3) is 0 Å². The first kappa shape index (κ1) is 20.3. The third-order valence-corrected chi connectivity index (χ3v) is 5.56. The van der Waals surface area contributed by atoms with E-state index in [0.717, 1.165) is 27.8 Å². The van der Waals surface area contributed by atoms with Crippen LogP contribution in [0.5, 0.6) is 0 Å². The van der Waals surface area contributed by atoms with Gasteiger partial charge in [-0.1, -0.05) is 55.8 Å². The molecule has 2 N–H and O–H groups in total. The summed E-state index contributed by atoms with van der Waals surface area (Å²) in [4.78, 5) is 0. The van der Waals surface area contributed by atoms with E-state index in [0.29, 0.717) is 17.8 Å². The van der Waals surface area contributed by atoms with Crippen LogP contribution < -0.4 is 4.72 Å². The molecule has 0 atom stereocenters. The van der Waals surface area contributed by atoms with Crippen molar-refractivity contribution >= 4 is 38.9 Å². The van der Waals surface area contributed by atoms with Gasteiger partial charge in [0.2, 0.25) is 10.0 Å². The summed E-state index contributed by atoms with van der Waals surface area (Å²) in [5.41, 5.74) is 2.01. The van der Waals surface area contributed by atoms with Crippen LogP contribution in [0, 0.1) is 0 Å². The van der Waals surface area contributed by atoms with Crippen molar-refractivity contribution in [3.63, 3.8) is 0 Å². The molecule has 140 valence electrons.